The Morgan fingerprint density at radius 2 is 2.05 bits per heavy atom. The summed E-state index contributed by atoms with van der Waals surface area (Å²) in [7, 11) is 0. The van der Waals surface area contributed by atoms with E-state index < -0.39 is 0 Å². The first-order valence-electron chi connectivity index (χ1n) is 6.37. The second-order valence-electron chi connectivity index (χ2n) is 4.93. The summed E-state index contributed by atoms with van der Waals surface area (Å²) in [4.78, 5) is 14.9. The molecule has 1 amide bonds. The van der Waals surface area contributed by atoms with Crippen LogP contribution in [0.4, 0.5) is 0 Å². The van der Waals surface area contributed by atoms with Gasteiger partial charge in [0.05, 0.1) is 10.6 Å². The molecule has 1 fully saturated rings. The summed E-state index contributed by atoms with van der Waals surface area (Å²) in [5.41, 5.74) is 0.585. The highest BCUT2D eigenvalue weighted by molar-refractivity contribution is 9.10. The van der Waals surface area contributed by atoms with Crippen LogP contribution >= 0.6 is 43.5 Å². The van der Waals surface area contributed by atoms with Crippen molar-refractivity contribution in [1.29, 1.82) is 0 Å². The van der Waals surface area contributed by atoms with Crippen molar-refractivity contribution in [3.8, 4) is 0 Å². The van der Waals surface area contributed by atoms with Crippen LogP contribution < -0.4 is 0 Å². The Morgan fingerprint density at radius 3 is 2.63 bits per heavy atom. The summed E-state index contributed by atoms with van der Waals surface area (Å²) in [6, 6.07) is 5.40. The highest BCUT2D eigenvalue weighted by Gasteiger charge is 2.26. The standard InChI is InChI=1S/C14H16Br2ClNO/c1-9(15)10-4-6-18(7-5-10)14(19)12-8-11(16)2-3-13(12)17/h2-3,8-10H,4-7H2,1H3. The van der Waals surface area contributed by atoms with Crippen molar-refractivity contribution >= 4 is 49.4 Å². The van der Waals surface area contributed by atoms with Crippen LogP contribution in [0, 0.1) is 5.92 Å². The van der Waals surface area contributed by atoms with Gasteiger partial charge in [0.25, 0.3) is 5.91 Å². The third kappa shape index (κ3) is 3.73. The van der Waals surface area contributed by atoms with E-state index in [1.807, 2.05) is 11.0 Å². The Hall–Kier alpha value is -0.0600. The van der Waals surface area contributed by atoms with Crippen molar-refractivity contribution in [3.63, 3.8) is 0 Å². The summed E-state index contributed by atoms with van der Waals surface area (Å²) >= 11 is 13.1. The smallest absolute Gasteiger partial charge is 0.255 e. The number of piperidine rings is 1. The number of rotatable bonds is 2. The average Bonchev–Trinajstić information content (AvgIpc) is 2.41. The number of benzene rings is 1. The molecule has 104 valence electrons. The number of carbonyl (C=O) groups is 1. The van der Waals surface area contributed by atoms with Gasteiger partial charge in [0, 0.05) is 22.4 Å². The van der Waals surface area contributed by atoms with Gasteiger partial charge in [-0.1, -0.05) is 50.4 Å². The van der Waals surface area contributed by atoms with Crippen molar-refractivity contribution in [1.82, 2.24) is 4.90 Å². The van der Waals surface area contributed by atoms with E-state index in [1.54, 1.807) is 12.1 Å². The minimum atomic E-state index is 0.0342. The Kier molecular flexibility index (Phi) is 5.32. The number of nitrogens with zero attached hydrogens (tertiary/aromatic N) is 1. The number of carbonyl (C=O) groups excluding carboxylic acids is 1. The molecule has 0 N–H and O–H groups in total. The lowest BCUT2D eigenvalue weighted by Crippen LogP contribution is -2.40. The van der Waals surface area contributed by atoms with Gasteiger partial charge >= 0.3 is 0 Å². The lowest BCUT2D eigenvalue weighted by molar-refractivity contribution is 0.0691. The van der Waals surface area contributed by atoms with Crippen molar-refractivity contribution < 1.29 is 4.79 Å². The van der Waals surface area contributed by atoms with E-state index in [1.165, 1.54) is 0 Å². The van der Waals surface area contributed by atoms with Crippen LogP contribution in [0.3, 0.4) is 0 Å². The predicted molar refractivity (Wildman–Crippen MR) is 86.2 cm³/mol. The van der Waals surface area contributed by atoms with E-state index >= 15 is 0 Å². The number of alkyl halides is 1. The second-order valence-corrected chi connectivity index (χ2v) is 7.70. The van der Waals surface area contributed by atoms with Crippen LogP contribution in [0.5, 0.6) is 0 Å². The molecule has 2 nitrogen and oxygen atoms in total. The Labute approximate surface area is 135 Å². The first-order chi connectivity index (χ1) is 8.99. The Balaban J connectivity index is 2.07. The molecule has 19 heavy (non-hydrogen) atoms. The zero-order valence-corrected chi connectivity index (χ0v) is 14.6. The van der Waals surface area contributed by atoms with Gasteiger partial charge in [-0.3, -0.25) is 4.79 Å². The van der Waals surface area contributed by atoms with E-state index in [2.05, 4.69) is 38.8 Å². The molecule has 1 aromatic carbocycles. The van der Waals surface area contributed by atoms with Crippen LogP contribution in [0.15, 0.2) is 22.7 Å². The van der Waals surface area contributed by atoms with Crippen LogP contribution in [-0.4, -0.2) is 28.7 Å². The summed E-state index contributed by atoms with van der Waals surface area (Å²) in [6.07, 6.45) is 2.09. The van der Waals surface area contributed by atoms with Gasteiger partial charge in [0.2, 0.25) is 0 Å². The zero-order valence-electron chi connectivity index (χ0n) is 10.7. The van der Waals surface area contributed by atoms with Gasteiger partial charge in [-0.25, -0.2) is 0 Å². The van der Waals surface area contributed by atoms with Crippen molar-refractivity contribution in [2.24, 2.45) is 5.92 Å². The lowest BCUT2D eigenvalue weighted by atomic mass is 9.94. The van der Waals surface area contributed by atoms with Crippen LogP contribution in [-0.2, 0) is 0 Å². The summed E-state index contributed by atoms with van der Waals surface area (Å²) in [6.45, 7) is 3.79. The number of halogens is 3. The Bertz CT molecular complexity index is 471. The zero-order chi connectivity index (χ0) is 14.0. The molecule has 0 saturated carbocycles. The molecule has 0 spiro atoms. The lowest BCUT2D eigenvalue weighted by Gasteiger charge is -2.33. The Morgan fingerprint density at radius 1 is 1.42 bits per heavy atom. The van der Waals surface area contributed by atoms with Crippen LogP contribution in [0.25, 0.3) is 0 Å². The molecule has 1 atom stereocenters. The predicted octanol–water partition coefficient (Wildman–Crippen LogP) is 4.74. The summed E-state index contributed by atoms with van der Waals surface area (Å²) in [5.74, 6) is 0.689. The van der Waals surface area contributed by atoms with Gasteiger partial charge in [0.15, 0.2) is 0 Å². The van der Waals surface area contributed by atoms with E-state index in [4.69, 9.17) is 11.6 Å². The second kappa shape index (κ2) is 6.59. The minimum absolute atomic E-state index is 0.0342. The molecule has 0 aromatic heterocycles. The van der Waals surface area contributed by atoms with E-state index in [0.717, 1.165) is 30.4 Å². The summed E-state index contributed by atoms with van der Waals surface area (Å²) < 4.78 is 0.879. The normalized spacial score (nSPS) is 18.4. The van der Waals surface area contributed by atoms with E-state index in [9.17, 15) is 4.79 Å². The van der Waals surface area contributed by atoms with Crippen molar-refractivity contribution in [2.75, 3.05) is 13.1 Å². The molecular formula is C14H16Br2ClNO. The highest BCUT2D eigenvalue weighted by Crippen LogP contribution is 2.28. The molecule has 1 saturated heterocycles. The van der Waals surface area contributed by atoms with Crippen molar-refractivity contribution in [3.05, 3.63) is 33.3 Å². The fourth-order valence-corrected chi connectivity index (χ4v) is 3.48. The molecule has 1 aliphatic heterocycles. The summed E-state index contributed by atoms with van der Waals surface area (Å²) in [5, 5.41) is 0.518. The average molecular weight is 410 g/mol. The number of amides is 1. The molecule has 0 aliphatic carbocycles. The largest absolute Gasteiger partial charge is 0.339 e. The van der Waals surface area contributed by atoms with Gasteiger partial charge < -0.3 is 4.90 Å². The van der Waals surface area contributed by atoms with Gasteiger partial charge in [0.1, 0.15) is 0 Å². The highest BCUT2D eigenvalue weighted by atomic mass is 79.9. The SMILES string of the molecule is CC(Br)C1CCN(C(=O)c2cc(Br)ccc2Cl)CC1. The van der Waals surface area contributed by atoms with E-state index in [0.29, 0.717) is 21.3 Å². The molecule has 1 unspecified atom stereocenters. The number of hydrogen-bond acceptors (Lipinski definition) is 1. The van der Waals surface area contributed by atoms with Gasteiger partial charge in [-0.15, -0.1) is 0 Å². The molecule has 1 heterocycles. The quantitative estimate of drug-likeness (QED) is 0.646. The monoisotopic (exact) mass is 407 g/mol. The minimum Gasteiger partial charge on any atom is -0.339 e. The molecule has 5 heteroatoms. The fourth-order valence-electron chi connectivity index (χ4n) is 2.39. The maximum atomic E-state index is 12.5. The third-order valence-corrected chi connectivity index (χ3v) is 5.21. The molecular weight excluding hydrogens is 393 g/mol. The molecule has 1 aromatic rings. The third-order valence-electron chi connectivity index (χ3n) is 3.64. The maximum absolute atomic E-state index is 12.5. The van der Waals surface area contributed by atoms with Crippen LogP contribution in [0.2, 0.25) is 5.02 Å². The molecule has 0 bridgehead atoms. The number of likely N-dealkylation sites (tertiary alicyclic amines) is 1. The maximum Gasteiger partial charge on any atom is 0.255 e. The van der Waals surface area contributed by atoms with Gasteiger partial charge in [-0.05, 0) is 37.0 Å². The van der Waals surface area contributed by atoms with Crippen molar-refractivity contribution in [2.45, 2.75) is 24.6 Å². The molecule has 2 rings (SSSR count). The van der Waals surface area contributed by atoms with E-state index in [-0.39, 0.29) is 5.91 Å². The topological polar surface area (TPSA) is 20.3 Å². The van der Waals surface area contributed by atoms with Crippen LogP contribution in [0.1, 0.15) is 30.1 Å². The first kappa shape index (κ1) is 15.3. The first-order valence-corrected chi connectivity index (χ1v) is 8.46. The van der Waals surface area contributed by atoms with Gasteiger partial charge in [-0.2, -0.15) is 0 Å². The molecule has 0 radical (unpaired) electrons. The number of hydrogen-bond donors (Lipinski definition) is 0. The fraction of sp³-hybridized carbons (Fsp3) is 0.500. The molecule has 1 aliphatic rings.